The number of hydrogen-bond donors (Lipinski definition) is 2. The second kappa shape index (κ2) is 12.3. The van der Waals surface area contributed by atoms with E-state index in [1.165, 1.54) is 32.5 Å². The van der Waals surface area contributed by atoms with E-state index >= 15 is 0 Å². The van der Waals surface area contributed by atoms with E-state index in [1.807, 2.05) is 0 Å². The number of benzene rings is 8. The molecule has 0 amide bonds. The molecular formula is C48H42B2N4O2. The van der Waals surface area contributed by atoms with Gasteiger partial charge in [-0.2, -0.15) is 0 Å². The maximum absolute atomic E-state index is 12.5. The lowest BCUT2D eigenvalue weighted by Crippen LogP contribution is -2.61. The van der Waals surface area contributed by atoms with Crippen LogP contribution in [0.5, 0.6) is 0 Å². The molecule has 1 fully saturated rings. The predicted octanol–water partition coefficient (Wildman–Crippen LogP) is 7.47. The van der Waals surface area contributed by atoms with Crippen molar-refractivity contribution in [2.75, 3.05) is 47.4 Å². The third kappa shape index (κ3) is 4.48. The molecule has 0 atom stereocenters. The molecule has 0 spiro atoms. The molecule has 0 unspecified atom stereocenters. The molecule has 1 aliphatic carbocycles. The summed E-state index contributed by atoms with van der Waals surface area (Å²) in [7, 11) is 8.69. The molecule has 8 heteroatoms. The molecular weight excluding hydrogens is 686 g/mol. The lowest BCUT2D eigenvalue weighted by atomic mass is 9.57. The molecule has 8 aromatic rings. The first kappa shape index (κ1) is 33.4. The summed E-state index contributed by atoms with van der Waals surface area (Å²) in [5.41, 5.74) is 8.85. The highest BCUT2D eigenvalue weighted by Crippen LogP contribution is 2.56. The molecule has 3 aliphatic rings. The lowest BCUT2D eigenvalue weighted by Gasteiger charge is -2.51. The molecule has 2 heterocycles. The Labute approximate surface area is 328 Å². The van der Waals surface area contributed by atoms with Gasteiger partial charge in [0.15, 0.2) is 0 Å². The van der Waals surface area contributed by atoms with Crippen LogP contribution in [0.2, 0.25) is 0 Å². The van der Waals surface area contributed by atoms with Gasteiger partial charge in [0.1, 0.15) is 0 Å². The molecule has 56 heavy (non-hydrogen) atoms. The summed E-state index contributed by atoms with van der Waals surface area (Å²) in [6.45, 7) is -0.184. The number of anilines is 4. The fourth-order valence-electron chi connectivity index (χ4n) is 10.9. The van der Waals surface area contributed by atoms with E-state index in [-0.39, 0.29) is 14.0 Å². The Morgan fingerprint density at radius 1 is 0.393 bits per heavy atom. The van der Waals surface area contributed by atoms with Gasteiger partial charge in [-0.05, 0) is 94.7 Å². The molecule has 0 radical (unpaired) electrons. The highest BCUT2D eigenvalue weighted by Gasteiger charge is 2.54. The van der Waals surface area contributed by atoms with Gasteiger partial charge in [0, 0.05) is 45.4 Å². The molecule has 0 aromatic heterocycles. The van der Waals surface area contributed by atoms with Crippen LogP contribution in [0.4, 0.5) is 22.7 Å². The van der Waals surface area contributed by atoms with Gasteiger partial charge in [0.05, 0.1) is 12.2 Å². The Morgan fingerprint density at radius 3 is 1.21 bits per heavy atom. The van der Waals surface area contributed by atoms with Crippen molar-refractivity contribution in [2.45, 2.75) is 24.0 Å². The summed E-state index contributed by atoms with van der Waals surface area (Å²) < 4.78 is 0. The maximum atomic E-state index is 12.5. The summed E-state index contributed by atoms with van der Waals surface area (Å²) in [4.78, 5) is 9.47. The van der Waals surface area contributed by atoms with Crippen LogP contribution in [0.1, 0.15) is 23.0 Å². The van der Waals surface area contributed by atoms with Crippen molar-refractivity contribution < 1.29 is 10.2 Å². The number of rotatable bonds is 4. The topological polar surface area (TPSA) is 53.4 Å². The SMILES string of the molecule is CN1B(c2cccc3ccccc23)N(C)c2c(C3C(O)C(c4ccc5cccc6c5c4N(C)B(c4cccc5ccccc45)N6C)C3O)ccc3cccc1c23. The largest absolute Gasteiger partial charge is 0.411 e. The fourth-order valence-corrected chi connectivity index (χ4v) is 10.9. The first-order valence-corrected chi connectivity index (χ1v) is 19.7. The Hall–Kier alpha value is -5.95. The molecule has 0 saturated heterocycles. The van der Waals surface area contributed by atoms with Gasteiger partial charge in [-0.3, -0.25) is 0 Å². The molecule has 8 aromatic carbocycles. The summed E-state index contributed by atoms with van der Waals surface area (Å²) in [5, 5.41) is 34.5. The van der Waals surface area contributed by atoms with Crippen LogP contribution in [0.3, 0.4) is 0 Å². The van der Waals surface area contributed by atoms with Crippen molar-refractivity contribution in [3.63, 3.8) is 0 Å². The number of aliphatic hydroxyl groups excluding tert-OH is 2. The van der Waals surface area contributed by atoms with Crippen molar-refractivity contribution in [1.82, 2.24) is 0 Å². The van der Waals surface area contributed by atoms with Crippen molar-refractivity contribution in [3.05, 3.63) is 157 Å². The van der Waals surface area contributed by atoms with Crippen molar-refractivity contribution in [3.8, 4) is 0 Å². The van der Waals surface area contributed by atoms with Crippen LogP contribution >= 0.6 is 0 Å². The third-order valence-corrected chi connectivity index (χ3v) is 13.4. The second-order valence-electron chi connectivity index (χ2n) is 16.1. The molecule has 1 saturated carbocycles. The third-order valence-electron chi connectivity index (χ3n) is 13.4. The van der Waals surface area contributed by atoms with E-state index in [0.29, 0.717) is 0 Å². The van der Waals surface area contributed by atoms with E-state index in [0.717, 1.165) is 55.4 Å². The zero-order valence-corrected chi connectivity index (χ0v) is 32.0. The summed E-state index contributed by atoms with van der Waals surface area (Å²) in [6, 6.07) is 51.9. The van der Waals surface area contributed by atoms with Crippen molar-refractivity contribution in [2.24, 2.45) is 0 Å². The van der Waals surface area contributed by atoms with Gasteiger partial charge in [-0.1, -0.05) is 133 Å². The lowest BCUT2D eigenvalue weighted by molar-refractivity contribution is -0.0780. The number of nitrogens with zero attached hydrogens (tertiary/aromatic N) is 4. The summed E-state index contributed by atoms with van der Waals surface area (Å²) in [6.07, 6.45) is -1.58. The summed E-state index contributed by atoms with van der Waals surface area (Å²) >= 11 is 0. The van der Waals surface area contributed by atoms with Gasteiger partial charge in [0.2, 0.25) is 0 Å². The first-order chi connectivity index (χ1) is 27.3. The second-order valence-corrected chi connectivity index (χ2v) is 16.1. The van der Waals surface area contributed by atoms with E-state index < -0.39 is 24.0 Å². The molecule has 2 aliphatic heterocycles. The fraction of sp³-hybridized carbons (Fsp3) is 0.167. The van der Waals surface area contributed by atoms with Gasteiger partial charge in [0.25, 0.3) is 0 Å². The molecule has 11 rings (SSSR count). The van der Waals surface area contributed by atoms with Crippen LogP contribution < -0.4 is 30.2 Å². The zero-order chi connectivity index (χ0) is 38.0. The van der Waals surface area contributed by atoms with Crippen LogP contribution in [0.15, 0.2) is 146 Å². The zero-order valence-electron chi connectivity index (χ0n) is 32.0. The minimum atomic E-state index is -0.792. The van der Waals surface area contributed by atoms with Crippen LogP contribution in [0, 0.1) is 0 Å². The highest BCUT2D eigenvalue weighted by atomic mass is 16.3. The minimum Gasteiger partial charge on any atom is -0.394 e. The Balaban J connectivity index is 1.04. The molecule has 0 bridgehead atoms. The monoisotopic (exact) mass is 728 g/mol. The van der Waals surface area contributed by atoms with Gasteiger partial charge in [-0.25, -0.2) is 0 Å². The van der Waals surface area contributed by atoms with Crippen LogP contribution in [-0.2, 0) is 0 Å². The average Bonchev–Trinajstić information content (AvgIpc) is 3.22. The van der Waals surface area contributed by atoms with Crippen molar-refractivity contribution >= 4 is 90.7 Å². The predicted molar refractivity (Wildman–Crippen MR) is 238 cm³/mol. The van der Waals surface area contributed by atoms with Gasteiger partial charge >= 0.3 is 14.0 Å². The number of aliphatic hydroxyl groups is 2. The Kier molecular flexibility index (Phi) is 7.32. The maximum Gasteiger partial charge on any atom is 0.411 e. The number of hydrogen-bond acceptors (Lipinski definition) is 6. The van der Waals surface area contributed by atoms with E-state index in [2.05, 4.69) is 193 Å². The minimum absolute atomic E-state index is 0.0921. The normalized spacial score (nSPS) is 20.5. The smallest absolute Gasteiger partial charge is 0.394 e. The first-order valence-electron chi connectivity index (χ1n) is 19.7. The van der Waals surface area contributed by atoms with Crippen LogP contribution in [0.25, 0.3) is 43.1 Å². The Bertz CT molecular complexity index is 2690. The molecule has 6 nitrogen and oxygen atoms in total. The van der Waals surface area contributed by atoms with E-state index in [1.54, 1.807) is 0 Å². The quantitative estimate of drug-likeness (QED) is 0.184. The van der Waals surface area contributed by atoms with E-state index in [4.69, 9.17) is 0 Å². The molecule has 2 N–H and O–H groups in total. The van der Waals surface area contributed by atoms with Crippen LogP contribution in [-0.4, -0.2) is 64.6 Å². The number of fused-ring (bicyclic) bond motifs is 2. The molecule has 272 valence electrons. The van der Waals surface area contributed by atoms with Gasteiger partial charge in [-0.15, -0.1) is 0 Å². The van der Waals surface area contributed by atoms with E-state index in [9.17, 15) is 10.2 Å². The Morgan fingerprint density at radius 2 is 0.768 bits per heavy atom. The van der Waals surface area contributed by atoms with Crippen molar-refractivity contribution in [1.29, 1.82) is 0 Å². The highest BCUT2D eigenvalue weighted by molar-refractivity contribution is 6.83. The average molecular weight is 729 g/mol. The van der Waals surface area contributed by atoms with Gasteiger partial charge < -0.3 is 29.5 Å². The summed E-state index contributed by atoms with van der Waals surface area (Å²) in [5.74, 6) is -0.926. The standard InChI is InChI=1S/C48H42B2N4O2/c1-51-39-23-11-17-31-25-27-35(45(41(31)39)53(3)49(51)37-21-9-15-29-13-5-7-19-33(29)37)43-47(55)44(48(43)56)36-28-26-32-18-12-24-40-42(32)46(36)54(4)50(52(40)2)38-22-10-16-30-14-6-8-20-34(30)38/h5-28,43-44,47-48,55-56H,1-4H3.